The summed E-state index contributed by atoms with van der Waals surface area (Å²) >= 11 is 0. The van der Waals surface area contributed by atoms with Gasteiger partial charge in [-0.25, -0.2) is 4.79 Å². The average Bonchev–Trinajstić information content (AvgIpc) is 2.81. The SMILES string of the molecule is CN(CCO)C(=O)NCCCCN1CCCC1. The van der Waals surface area contributed by atoms with Crippen molar-refractivity contribution in [1.29, 1.82) is 0 Å². The molecule has 1 aliphatic rings. The van der Waals surface area contributed by atoms with Gasteiger partial charge in [0.2, 0.25) is 0 Å². The van der Waals surface area contributed by atoms with E-state index in [9.17, 15) is 4.79 Å². The van der Waals surface area contributed by atoms with Crippen LogP contribution >= 0.6 is 0 Å². The second-order valence-corrected chi connectivity index (χ2v) is 4.63. The number of unbranched alkanes of at least 4 members (excludes halogenated alkanes) is 1. The van der Waals surface area contributed by atoms with Gasteiger partial charge < -0.3 is 20.2 Å². The van der Waals surface area contributed by atoms with Crippen molar-refractivity contribution in [2.24, 2.45) is 0 Å². The Balaban J connectivity index is 1.94. The summed E-state index contributed by atoms with van der Waals surface area (Å²) in [6, 6.07) is -0.0970. The molecule has 0 unspecified atom stereocenters. The van der Waals surface area contributed by atoms with Gasteiger partial charge in [-0.15, -0.1) is 0 Å². The van der Waals surface area contributed by atoms with E-state index in [2.05, 4.69) is 10.2 Å². The number of likely N-dealkylation sites (N-methyl/N-ethyl adjacent to an activating group) is 1. The number of carbonyl (C=O) groups excluding carboxylic acids is 1. The normalized spacial score (nSPS) is 16.1. The van der Waals surface area contributed by atoms with E-state index >= 15 is 0 Å². The molecule has 0 bridgehead atoms. The van der Waals surface area contributed by atoms with Crippen LogP contribution < -0.4 is 5.32 Å². The van der Waals surface area contributed by atoms with Crippen molar-refractivity contribution in [2.45, 2.75) is 25.7 Å². The molecule has 1 aliphatic heterocycles. The Morgan fingerprint density at radius 3 is 2.71 bits per heavy atom. The summed E-state index contributed by atoms with van der Waals surface area (Å²) in [6.07, 6.45) is 4.84. The van der Waals surface area contributed by atoms with Crippen LogP contribution in [0.2, 0.25) is 0 Å². The first-order valence-corrected chi connectivity index (χ1v) is 6.56. The molecule has 1 fully saturated rings. The van der Waals surface area contributed by atoms with Crippen molar-refractivity contribution in [3.05, 3.63) is 0 Å². The van der Waals surface area contributed by atoms with Crippen LogP contribution in [-0.2, 0) is 0 Å². The first kappa shape index (κ1) is 14.3. The number of carbonyl (C=O) groups is 1. The molecule has 1 saturated heterocycles. The third-order valence-electron chi connectivity index (χ3n) is 3.16. The second-order valence-electron chi connectivity index (χ2n) is 4.63. The maximum Gasteiger partial charge on any atom is 0.317 e. The minimum absolute atomic E-state index is 0.0128. The average molecular weight is 243 g/mol. The lowest BCUT2D eigenvalue weighted by atomic mass is 10.3. The monoisotopic (exact) mass is 243 g/mol. The van der Waals surface area contributed by atoms with E-state index in [-0.39, 0.29) is 12.6 Å². The summed E-state index contributed by atoms with van der Waals surface area (Å²) in [5.41, 5.74) is 0. The van der Waals surface area contributed by atoms with Gasteiger partial charge in [0.1, 0.15) is 0 Å². The summed E-state index contributed by atoms with van der Waals surface area (Å²) in [5.74, 6) is 0. The van der Waals surface area contributed by atoms with E-state index in [4.69, 9.17) is 5.11 Å². The highest BCUT2D eigenvalue weighted by atomic mass is 16.3. The molecule has 17 heavy (non-hydrogen) atoms. The molecule has 0 atom stereocenters. The Morgan fingerprint density at radius 1 is 1.35 bits per heavy atom. The largest absolute Gasteiger partial charge is 0.395 e. The highest BCUT2D eigenvalue weighted by molar-refractivity contribution is 5.73. The fourth-order valence-electron chi connectivity index (χ4n) is 2.05. The number of aliphatic hydroxyl groups is 1. The second kappa shape index (κ2) is 8.31. The number of urea groups is 1. The van der Waals surface area contributed by atoms with Crippen molar-refractivity contribution in [1.82, 2.24) is 15.1 Å². The lowest BCUT2D eigenvalue weighted by Crippen LogP contribution is -2.39. The molecule has 5 nitrogen and oxygen atoms in total. The molecule has 0 aromatic carbocycles. The number of likely N-dealkylation sites (tertiary alicyclic amines) is 1. The lowest BCUT2D eigenvalue weighted by molar-refractivity contribution is 0.190. The van der Waals surface area contributed by atoms with Crippen LogP contribution in [0.15, 0.2) is 0 Å². The van der Waals surface area contributed by atoms with Gasteiger partial charge in [0.25, 0.3) is 0 Å². The van der Waals surface area contributed by atoms with Gasteiger partial charge in [-0.1, -0.05) is 0 Å². The van der Waals surface area contributed by atoms with Gasteiger partial charge in [-0.3, -0.25) is 0 Å². The number of hydrogen-bond acceptors (Lipinski definition) is 3. The number of nitrogens with one attached hydrogen (secondary N) is 1. The molecule has 2 amide bonds. The van der Waals surface area contributed by atoms with E-state index in [1.165, 1.54) is 30.8 Å². The van der Waals surface area contributed by atoms with Crippen LogP contribution in [0.5, 0.6) is 0 Å². The summed E-state index contributed by atoms with van der Waals surface area (Å²) in [4.78, 5) is 15.4. The van der Waals surface area contributed by atoms with Crippen molar-refractivity contribution < 1.29 is 9.90 Å². The molecular weight excluding hydrogens is 218 g/mol. The van der Waals surface area contributed by atoms with Crippen LogP contribution in [0.1, 0.15) is 25.7 Å². The van der Waals surface area contributed by atoms with Crippen molar-refractivity contribution in [3.8, 4) is 0 Å². The topological polar surface area (TPSA) is 55.8 Å². The third kappa shape index (κ3) is 5.89. The molecule has 0 saturated carbocycles. The molecule has 0 radical (unpaired) electrons. The van der Waals surface area contributed by atoms with Crippen LogP contribution in [0.4, 0.5) is 4.79 Å². The Bertz CT molecular complexity index is 218. The van der Waals surface area contributed by atoms with E-state index in [0.29, 0.717) is 6.54 Å². The molecule has 0 aliphatic carbocycles. The molecule has 1 rings (SSSR count). The minimum Gasteiger partial charge on any atom is -0.395 e. The molecule has 0 aromatic heterocycles. The molecule has 1 heterocycles. The Kier molecular flexibility index (Phi) is 6.96. The van der Waals surface area contributed by atoms with Crippen molar-refractivity contribution in [3.63, 3.8) is 0 Å². The van der Waals surface area contributed by atoms with E-state index < -0.39 is 0 Å². The Morgan fingerprint density at radius 2 is 2.06 bits per heavy atom. The van der Waals surface area contributed by atoms with E-state index in [1.54, 1.807) is 7.05 Å². The molecule has 100 valence electrons. The van der Waals surface area contributed by atoms with Crippen LogP contribution in [-0.4, -0.2) is 67.3 Å². The summed E-state index contributed by atoms with van der Waals surface area (Å²) < 4.78 is 0. The summed E-state index contributed by atoms with van der Waals surface area (Å²) in [5, 5.41) is 11.5. The quantitative estimate of drug-likeness (QED) is 0.640. The standard InChI is InChI=1S/C12H25N3O2/c1-14(10-11-16)12(17)13-6-2-3-7-15-8-4-5-9-15/h16H,2-11H2,1H3,(H,13,17). The predicted molar refractivity (Wildman–Crippen MR) is 68.0 cm³/mol. The molecule has 0 spiro atoms. The Hall–Kier alpha value is -0.810. The first-order valence-electron chi connectivity index (χ1n) is 6.56. The molecule has 0 aromatic rings. The molecule has 2 N–H and O–H groups in total. The number of aliphatic hydroxyl groups excluding tert-OH is 1. The maximum atomic E-state index is 11.4. The van der Waals surface area contributed by atoms with Gasteiger partial charge in [0, 0.05) is 20.1 Å². The van der Waals surface area contributed by atoms with Gasteiger partial charge in [0.15, 0.2) is 0 Å². The first-order chi connectivity index (χ1) is 8.24. The van der Waals surface area contributed by atoms with Gasteiger partial charge in [0.05, 0.1) is 6.61 Å². The number of hydrogen-bond donors (Lipinski definition) is 2. The van der Waals surface area contributed by atoms with Crippen LogP contribution in [0.25, 0.3) is 0 Å². The number of nitrogens with zero attached hydrogens (tertiary/aromatic N) is 2. The van der Waals surface area contributed by atoms with Gasteiger partial charge >= 0.3 is 6.03 Å². The van der Waals surface area contributed by atoms with Crippen LogP contribution in [0.3, 0.4) is 0 Å². The van der Waals surface area contributed by atoms with Crippen molar-refractivity contribution >= 4 is 6.03 Å². The molecule has 5 heteroatoms. The number of amides is 2. The zero-order valence-electron chi connectivity index (χ0n) is 10.8. The highest BCUT2D eigenvalue weighted by Crippen LogP contribution is 2.07. The zero-order valence-corrected chi connectivity index (χ0v) is 10.8. The summed E-state index contributed by atoms with van der Waals surface area (Å²) in [7, 11) is 1.69. The zero-order chi connectivity index (χ0) is 12.5. The summed E-state index contributed by atoms with van der Waals surface area (Å²) in [6.45, 7) is 4.76. The fourth-order valence-corrected chi connectivity index (χ4v) is 2.05. The van der Waals surface area contributed by atoms with Gasteiger partial charge in [-0.05, 0) is 45.3 Å². The third-order valence-corrected chi connectivity index (χ3v) is 3.16. The minimum atomic E-state index is -0.0970. The van der Waals surface area contributed by atoms with Crippen molar-refractivity contribution in [2.75, 3.05) is 46.4 Å². The Labute approximate surface area is 104 Å². The highest BCUT2D eigenvalue weighted by Gasteiger charge is 2.10. The van der Waals surface area contributed by atoms with E-state index in [1.807, 2.05) is 0 Å². The fraction of sp³-hybridized carbons (Fsp3) is 0.917. The predicted octanol–water partition coefficient (Wildman–Crippen LogP) is 0.496. The molecular formula is C12H25N3O2. The van der Waals surface area contributed by atoms with Crippen LogP contribution in [0, 0.1) is 0 Å². The van der Waals surface area contributed by atoms with Gasteiger partial charge in [-0.2, -0.15) is 0 Å². The maximum absolute atomic E-state index is 11.4. The lowest BCUT2D eigenvalue weighted by Gasteiger charge is -2.17. The smallest absolute Gasteiger partial charge is 0.317 e. The van der Waals surface area contributed by atoms with E-state index in [0.717, 1.165) is 25.9 Å². The number of rotatable bonds is 7.